The molecule has 1 amide bonds. The first kappa shape index (κ1) is 14.4. The van der Waals surface area contributed by atoms with Crippen molar-refractivity contribution < 1.29 is 4.79 Å². The second-order valence-corrected chi connectivity index (χ2v) is 5.23. The smallest absolute Gasteiger partial charge is 0.257 e. The number of para-hydroxylation sites is 1. The monoisotopic (exact) mass is 311 g/mol. The van der Waals surface area contributed by atoms with Gasteiger partial charge in [0.25, 0.3) is 5.91 Å². The Morgan fingerprint density at radius 3 is 2.68 bits per heavy atom. The van der Waals surface area contributed by atoms with Gasteiger partial charge in [0.05, 0.1) is 23.5 Å². The molecule has 0 saturated carbocycles. The van der Waals surface area contributed by atoms with Crippen molar-refractivity contribution in [1.82, 2.24) is 9.55 Å². The van der Waals surface area contributed by atoms with Crippen molar-refractivity contribution in [2.75, 3.05) is 5.32 Å². The minimum atomic E-state index is -0.219. The van der Waals surface area contributed by atoms with Crippen LogP contribution in [-0.2, 0) is 6.54 Å². The predicted molar refractivity (Wildman–Crippen MR) is 87.2 cm³/mol. The number of amides is 1. The van der Waals surface area contributed by atoms with Crippen LogP contribution in [0.25, 0.3) is 0 Å². The molecular weight excluding hydrogens is 298 g/mol. The molecule has 1 N–H and O–H groups in total. The van der Waals surface area contributed by atoms with E-state index in [-0.39, 0.29) is 5.91 Å². The van der Waals surface area contributed by atoms with Crippen molar-refractivity contribution >= 4 is 23.2 Å². The van der Waals surface area contributed by atoms with E-state index in [1.54, 1.807) is 36.8 Å². The summed E-state index contributed by atoms with van der Waals surface area (Å²) >= 11 is 6.07. The standard InChI is InChI=1S/C17H14ClN3O/c18-15-7-3-2-6-14(15)17(22)20-16-8-4-1-5-13(16)11-21-10-9-19-12-21/h1-10,12H,11H2,(H,20,22). The van der Waals surface area contributed by atoms with Crippen molar-refractivity contribution in [2.24, 2.45) is 0 Å². The maximum Gasteiger partial charge on any atom is 0.257 e. The second kappa shape index (κ2) is 6.45. The number of nitrogens with one attached hydrogen (secondary N) is 1. The number of imidazole rings is 1. The van der Waals surface area contributed by atoms with Crippen molar-refractivity contribution in [3.8, 4) is 0 Å². The minimum Gasteiger partial charge on any atom is -0.333 e. The van der Waals surface area contributed by atoms with E-state index in [0.717, 1.165) is 11.3 Å². The van der Waals surface area contributed by atoms with E-state index in [1.807, 2.05) is 35.0 Å². The van der Waals surface area contributed by atoms with E-state index < -0.39 is 0 Å². The van der Waals surface area contributed by atoms with Crippen molar-refractivity contribution in [3.05, 3.63) is 83.4 Å². The first-order valence-corrected chi connectivity index (χ1v) is 7.21. The fraction of sp³-hybridized carbons (Fsp3) is 0.0588. The normalized spacial score (nSPS) is 10.4. The molecule has 22 heavy (non-hydrogen) atoms. The van der Waals surface area contributed by atoms with Crippen LogP contribution in [0, 0.1) is 0 Å². The summed E-state index contributed by atoms with van der Waals surface area (Å²) in [5.74, 6) is -0.219. The van der Waals surface area contributed by atoms with Gasteiger partial charge >= 0.3 is 0 Å². The van der Waals surface area contributed by atoms with E-state index >= 15 is 0 Å². The summed E-state index contributed by atoms with van der Waals surface area (Å²) in [6.07, 6.45) is 5.35. The number of halogens is 1. The Morgan fingerprint density at radius 1 is 1.14 bits per heavy atom. The van der Waals surface area contributed by atoms with Crippen LogP contribution >= 0.6 is 11.6 Å². The fourth-order valence-electron chi connectivity index (χ4n) is 2.19. The maximum absolute atomic E-state index is 12.4. The van der Waals surface area contributed by atoms with Crippen molar-refractivity contribution in [2.45, 2.75) is 6.54 Å². The number of rotatable bonds is 4. The molecule has 0 aliphatic carbocycles. The molecule has 0 spiro atoms. The van der Waals surface area contributed by atoms with Crippen LogP contribution in [0.2, 0.25) is 5.02 Å². The SMILES string of the molecule is O=C(Nc1ccccc1Cn1ccnc1)c1ccccc1Cl. The molecule has 2 aromatic carbocycles. The number of anilines is 1. The Hall–Kier alpha value is -2.59. The third-order valence-corrected chi connectivity index (χ3v) is 3.63. The highest BCUT2D eigenvalue weighted by molar-refractivity contribution is 6.34. The highest BCUT2D eigenvalue weighted by Crippen LogP contribution is 2.20. The zero-order valence-corrected chi connectivity index (χ0v) is 12.5. The average Bonchev–Trinajstić information content (AvgIpc) is 3.02. The number of hydrogen-bond acceptors (Lipinski definition) is 2. The summed E-state index contributed by atoms with van der Waals surface area (Å²) in [6.45, 7) is 0.638. The molecule has 3 aromatic rings. The van der Waals surface area contributed by atoms with E-state index in [2.05, 4.69) is 10.3 Å². The number of carbonyl (C=O) groups is 1. The summed E-state index contributed by atoms with van der Waals surface area (Å²) in [7, 11) is 0. The van der Waals surface area contributed by atoms with Gasteiger partial charge in [-0.15, -0.1) is 0 Å². The van der Waals surface area contributed by atoms with Crippen molar-refractivity contribution in [1.29, 1.82) is 0 Å². The minimum absolute atomic E-state index is 0.219. The van der Waals surface area contributed by atoms with E-state index in [0.29, 0.717) is 17.1 Å². The van der Waals surface area contributed by atoms with Gasteiger partial charge in [0.2, 0.25) is 0 Å². The van der Waals surface area contributed by atoms with Crippen LogP contribution in [0.4, 0.5) is 5.69 Å². The molecule has 0 fully saturated rings. The van der Waals surface area contributed by atoms with Gasteiger partial charge in [-0.3, -0.25) is 4.79 Å². The molecule has 0 atom stereocenters. The molecule has 110 valence electrons. The van der Waals surface area contributed by atoms with E-state index in [1.165, 1.54) is 0 Å². The lowest BCUT2D eigenvalue weighted by molar-refractivity contribution is 0.102. The summed E-state index contributed by atoms with van der Waals surface area (Å²) in [6, 6.07) is 14.7. The zero-order chi connectivity index (χ0) is 15.4. The van der Waals surface area contributed by atoms with E-state index in [4.69, 9.17) is 11.6 Å². The van der Waals surface area contributed by atoms with Crippen molar-refractivity contribution in [3.63, 3.8) is 0 Å². The van der Waals surface area contributed by atoms with Crippen LogP contribution in [0.1, 0.15) is 15.9 Å². The maximum atomic E-state index is 12.4. The molecule has 0 aliphatic heterocycles. The first-order valence-electron chi connectivity index (χ1n) is 6.83. The molecule has 1 aromatic heterocycles. The fourth-order valence-corrected chi connectivity index (χ4v) is 2.41. The average molecular weight is 312 g/mol. The Balaban J connectivity index is 1.83. The predicted octanol–water partition coefficient (Wildman–Crippen LogP) is 3.84. The van der Waals surface area contributed by atoms with Crippen LogP contribution in [-0.4, -0.2) is 15.5 Å². The number of nitrogens with zero attached hydrogens (tertiary/aromatic N) is 2. The number of hydrogen-bond donors (Lipinski definition) is 1. The first-order chi connectivity index (χ1) is 10.7. The van der Waals surface area contributed by atoms with Gasteiger partial charge in [-0.1, -0.05) is 41.9 Å². The number of benzene rings is 2. The Kier molecular flexibility index (Phi) is 4.21. The topological polar surface area (TPSA) is 46.9 Å². The van der Waals surface area contributed by atoms with Gasteiger partial charge in [-0.25, -0.2) is 4.98 Å². The highest BCUT2D eigenvalue weighted by atomic mass is 35.5. The third-order valence-electron chi connectivity index (χ3n) is 3.30. The molecule has 1 heterocycles. The molecule has 0 aliphatic rings. The van der Waals surface area contributed by atoms with Crippen LogP contribution in [0.5, 0.6) is 0 Å². The lowest BCUT2D eigenvalue weighted by Crippen LogP contribution is -2.14. The van der Waals surface area contributed by atoms with E-state index in [9.17, 15) is 4.79 Å². The largest absolute Gasteiger partial charge is 0.333 e. The van der Waals surface area contributed by atoms with Gasteiger partial charge < -0.3 is 9.88 Å². The van der Waals surface area contributed by atoms with Crippen LogP contribution < -0.4 is 5.32 Å². The van der Waals surface area contributed by atoms with Crippen LogP contribution in [0.3, 0.4) is 0 Å². The molecule has 0 unspecified atom stereocenters. The number of aromatic nitrogens is 2. The highest BCUT2D eigenvalue weighted by Gasteiger charge is 2.11. The molecule has 5 heteroatoms. The molecule has 0 radical (unpaired) electrons. The third kappa shape index (κ3) is 3.18. The summed E-state index contributed by atoms with van der Waals surface area (Å²) in [5.41, 5.74) is 2.23. The van der Waals surface area contributed by atoms with Crippen LogP contribution in [0.15, 0.2) is 67.3 Å². The summed E-state index contributed by atoms with van der Waals surface area (Å²) in [4.78, 5) is 16.4. The zero-order valence-electron chi connectivity index (χ0n) is 11.7. The lowest BCUT2D eigenvalue weighted by atomic mass is 10.1. The Bertz CT molecular complexity index is 784. The Labute approximate surface area is 133 Å². The Morgan fingerprint density at radius 2 is 1.91 bits per heavy atom. The second-order valence-electron chi connectivity index (χ2n) is 4.83. The lowest BCUT2D eigenvalue weighted by Gasteiger charge is -2.12. The summed E-state index contributed by atoms with van der Waals surface area (Å²) < 4.78 is 1.94. The molecule has 0 saturated heterocycles. The molecule has 4 nitrogen and oxygen atoms in total. The van der Waals surface area contributed by atoms with Gasteiger partial charge in [-0.05, 0) is 23.8 Å². The number of carbonyl (C=O) groups excluding carboxylic acids is 1. The quantitative estimate of drug-likeness (QED) is 0.796. The van der Waals surface area contributed by atoms with Gasteiger partial charge in [0.15, 0.2) is 0 Å². The molecule has 3 rings (SSSR count). The summed E-state index contributed by atoms with van der Waals surface area (Å²) in [5, 5.41) is 3.36. The van der Waals surface area contributed by atoms with Gasteiger partial charge in [-0.2, -0.15) is 0 Å². The molecule has 0 bridgehead atoms. The molecular formula is C17H14ClN3O. The van der Waals surface area contributed by atoms with Gasteiger partial charge in [0.1, 0.15) is 0 Å². The van der Waals surface area contributed by atoms with Gasteiger partial charge in [0, 0.05) is 18.1 Å².